The van der Waals surface area contributed by atoms with Crippen molar-refractivity contribution < 1.29 is 9.53 Å². The summed E-state index contributed by atoms with van der Waals surface area (Å²) in [5.74, 6) is -0.294. The van der Waals surface area contributed by atoms with Gasteiger partial charge in [0.15, 0.2) is 5.11 Å². The number of allylic oxidation sites excluding steroid dienone is 1. The molecule has 106 valence electrons. The molecule has 0 amide bonds. The summed E-state index contributed by atoms with van der Waals surface area (Å²) >= 11 is 4.98. The first-order chi connectivity index (χ1) is 9.56. The lowest BCUT2D eigenvalue weighted by Crippen LogP contribution is -2.43. The highest BCUT2D eigenvalue weighted by atomic mass is 32.1. The monoisotopic (exact) mass is 290 g/mol. The number of aryl methyl sites for hydroxylation is 1. The van der Waals surface area contributed by atoms with Crippen molar-refractivity contribution in [2.75, 3.05) is 13.2 Å². The zero-order chi connectivity index (χ0) is 14.5. The topological polar surface area (TPSA) is 50.4 Å². The molecule has 0 aromatic heterocycles. The second kappa shape index (κ2) is 6.52. The normalized spacial score (nSPS) is 14.6. The van der Waals surface area contributed by atoms with E-state index < -0.39 is 0 Å². The van der Waals surface area contributed by atoms with Gasteiger partial charge < -0.3 is 15.4 Å². The summed E-state index contributed by atoms with van der Waals surface area (Å²) in [5, 5.41) is 6.39. The maximum atomic E-state index is 12.0. The van der Waals surface area contributed by atoms with Crippen LogP contribution in [0.2, 0.25) is 0 Å². The van der Waals surface area contributed by atoms with E-state index in [4.69, 9.17) is 17.0 Å². The molecule has 0 fully saturated rings. The summed E-state index contributed by atoms with van der Waals surface area (Å²) in [6.45, 7) is 4.67. The molecule has 5 heteroatoms. The van der Waals surface area contributed by atoms with E-state index in [9.17, 15) is 4.79 Å². The second-order valence-electron chi connectivity index (χ2n) is 4.79. The van der Waals surface area contributed by atoms with Crippen LogP contribution in [0.4, 0.5) is 0 Å². The lowest BCUT2D eigenvalue weighted by atomic mass is 10.1. The Morgan fingerprint density at radius 2 is 2.20 bits per heavy atom. The highest BCUT2D eigenvalue weighted by Crippen LogP contribution is 2.09. The molecule has 20 heavy (non-hydrogen) atoms. The van der Waals surface area contributed by atoms with E-state index >= 15 is 0 Å². The fourth-order valence-corrected chi connectivity index (χ4v) is 2.26. The third-order valence-electron chi connectivity index (χ3n) is 3.13. The Hall–Kier alpha value is -1.88. The van der Waals surface area contributed by atoms with E-state index in [1.54, 1.807) is 0 Å². The molecule has 0 radical (unpaired) electrons. The number of hydrogen-bond acceptors (Lipinski definition) is 3. The van der Waals surface area contributed by atoms with Gasteiger partial charge in [0.25, 0.3) is 0 Å². The van der Waals surface area contributed by atoms with Crippen molar-refractivity contribution in [2.45, 2.75) is 20.3 Å². The van der Waals surface area contributed by atoms with Crippen LogP contribution in [0.1, 0.15) is 18.1 Å². The molecule has 0 saturated heterocycles. The van der Waals surface area contributed by atoms with E-state index in [1.165, 1.54) is 11.1 Å². The predicted molar refractivity (Wildman–Crippen MR) is 82.3 cm³/mol. The Balaban J connectivity index is 1.87. The molecule has 1 aliphatic rings. The smallest absolute Gasteiger partial charge is 0.337 e. The van der Waals surface area contributed by atoms with Gasteiger partial charge in [-0.15, -0.1) is 0 Å². The molecular weight excluding hydrogens is 272 g/mol. The van der Waals surface area contributed by atoms with Crippen molar-refractivity contribution in [2.24, 2.45) is 0 Å². The first-order valence-electron chi connectivity index (χ1n) is 6.53. The molecule has 0 spiro atoms. The van der Waals surface area contributed by atoms with Crippen LogP contribution >= 0.6 is 12.2 Å². The number of esters is 1. The van der Waals surface area contributed by atoms with Gasteiger partial charge in [0, 0.05) is 12.1 Å². The number of hydrogen-bond donors (Lipinski definition) is 2. The van der Waals surface area contributed by atoms with Crippen LogP contribution in [0, 0.1) is 6.92 Å². The zero-order valence-electron chi connectivity index (χ0n) is 11.7. The SMILES string of the molecule is CC1=C(C(=O)OCCc2cccc(C)c2)CNC(=S)N1. The number of thiocarbonyl (C=S) groups is 1. The summed E-state index contributed by atoms with van der Waals surface area (Å²) in [4.78, 5) is 12.0. The van der Waals surface area contributed by atoms with Crippen molar-refractivity contribution >= 4 is 23.3 Å². The summed E-state index contributed by atoms with van der Waals surface area (Å²) in [7, 11) is 0. The van der Waals surface area contributed by atoms with Crippen molar-refractivity contribution in [1.82, 2.24) is 10.6 Å². The molecule has 0 saturated carbocycles. The standard InChI is InChI=1S/C15H18N2O2S/c1-10-4-3-5-12(8-10)6-7-19-14(18)13-9-16-15(20)17-11(13)2/h3-5,8H,6-7,9H2,1-2H3,(H2,16,17,20). The summed E-state index contributed by atoms with van der Waals surface area (Å²) < 4.78 is 5.31. The van der Waals surface area contributed by atoms with Crippen LogP contribution in [0.5, 0.6) is 0 Å². The molecule has 0 aliphatic carbocycles. The minimum atomic E-state index is -0.294. The summed E-state index contributed by atoms with van der Waals surface area (Å²) in [6.07, 6.45) is 0.721. The average molecular weight is 290 g/mol. The van der Waals surface area contributed by atoms with Gasteiger partial charge in [-0.25, -0.2) is 4.79 Å². The Kier molecular flexibility index (Phi) is 4.74. The number of carbonyl (C=O) groups is 1. The Bertz CT molecular complexity index is 567. The van der Waals surface area contributed by atoms with E-state index in [0.29, 0.717) is 23.8 Å². The average Bonchev–Trinajstić information content (AvgIpc) is 2.38. The molecule has 1 heterocycles. The van der Waals surface area contributed by atoms with Crippen LogP contribution < -0.4 is 10.6 Å². The van der Waals surface area contributed by atoms with Gasteiger partial charge >= 0.3 is 5.97 Å². The van der Waals surface area contributed by atoms with Crippen LogP contribution in [0.3, 0.4) is 0 Å². The molecule has 2 rings (SSSR count). The highest BCUT2D eigenvalue weighted by molar-refractivity contribution is 7.80. The van der Waals surface area contributed by atoms with Gasteiger partial charge in [-0.3, -0.25) is 0 Å². The quantitative estimate of drug-likeness (QED) is 0.654. The lowest BCUT2D eigenvalue weighted by Gasteiger charge is -2.20. The summed E-state index contributed by atoms with van der Waals surface area (Å²) in [6, 6.07) is 8.19. The van der Waals surface area contributed by atoms with Gasteiger partial charge in [0.05, 0.1) is 18.7 Å². The Labute approximate surface area is 124 Å². The fraction of sp³-hybridized carbons (Fsp3) is 0.333. The van der Waals surface area contributed by atoms with Gasteiger partial charge in [-0.05, 0) is 31.6 Å². The van der Waals surface area contributed by atoms with Crippen molar-refractivity contribution in [1.29, 1.82) is 0 Å². The second-order valence-corrected chi connectivity index (χ2v) is 5.19. The maximum absolute atomic E-state index is 12.0. The van der Waals surface area contributed by atoms with E-state index in [1.807, 2.05) is 32.0 Å². The molecule has 1 aromatic carbocycles. The number of carbonyl (C=O) groups excluding carboxylic acids is 1. The molecule has 0 unspecified atom stereocenters. The molecule has 0 atom stereocenters. The highest BCUT2D eigenvalue weighted by Gasteiger charge is 2.19. The largest absolute Gasteiger partial charge is 0.462 e. The van der Waals surface area contributed by atoms with Crippen molar-refractivity contribution in [3.05, 3.63) is 46.7 Å². The lowest BCUT2D eigenvalue weighted by molar-refractivity contribution is -0.139. The first-order valence-corrected chi connectivity index (χ1v) is 6.94. The van der Waals surface area contributed by atoms with Crippen molar-refractivity contribution in [3.8, 4) is 0 Å². The third kappa shape index (κ3) is 3.81. The first kappa shape index (κ1) is 14.5. The van der Waals surface area contributed by atoms with Crippen LogP contribution in [-0.4, -0.2) is 24.2 Å². The summed E-state index contributed by atoms with van der Waals surface area (Å²) in [5.41, 5.74) is 3.74. The third-order valence-corrected chi connectivity index (χ3v) is 3.38. The van der Waals surface area contributed by atoms with Crippen molar-refractivity contribution in [3.63, 3.8) is 0 Å². The van der Waals surface area contributed by atoms with Crippen LogP contribution in [0.15, 0.2) is 35.5 Å². The fourth-order valence-electron chi connectivity index (χ4n) is 2.03. The van der Waals surface area contributed by atoms with Gasteiger partial charge in [0.1, 0.15) is 0 Å². The Morgan fingerprint density at radius 1 is 1.40 bits per heavy atom. The molecule has 1 aliphatic heterocycles. The molecule has 0 bridgehead atoms. The number of nitrogens with one attached hydrogen (secondary N) is 2. The number of rotatable bonds is 4. The number of ether oxygens (including phenoxy) is 1. The molecule has 2 N–H and O–H groups in total. The van der Waals surface area contributed by atoms with Crippen LogP contribution in [0.25, 0.3) is 0 Å². The van der Waals surface area contributed by atoms with E-state index in [2.05, 4.69) is 16.7 Å². The molecule has 1 aromatic rings. The zero-order valence-corrected chi connectivity index (χ0v) is 12.5. The van der Waals surface area contributed by atoms with Gasteiger partial charge in [-0.2, -0.15) is 0 Å². The van der Waals surface area contributed by atoms with E-state index in [0.717, 1.165) is 12.1 Å². The number of benzene rings is 1. The Morgan fingerprint density at radius 3 is 2.90 bits per heavy atom. The molecule has 4 nitrogen and oxygen atoms in total. The van der Waals surface area contributed by atoms with E-state index in [-0.39, 0.29) is 5.97 Å². The molecular formula is C15H18N2O2S. The van der Waals surface area contributed by atoms with Gasteiger partial charge in [-0.1, -0.05) is 29.8 Å². The van der Waals surface area contributed by atoms with Crippen LogP contribution in [-0.2, 0) is 16.0 Å². The van der Waals surface area contributed by atoms with Gasteiger partial charge in [0.2, 0.25) is 0 Å². The maximum Gasteiger partial charge on any atom is 0.337 e. The minimum Gasteiger partial charge on any atom is -0.462 e. The minimum absolute atomic E-state index is 0.294. The predicted octanol–water partition coefficient (Wildman–Crippen LogP) is 1.83.